The number of hydrogen-bond donors (Lipinski definition) is 2. The highest BCUT2D eigenvalue weighted by molar-refractivity contribution is 5.80. The lowest BCUT2D eigenvalue weighted by molar-refractivity contribution is 0.472. The summed E-state index contributed by atoms with van der Waals surface area (Å²) in [7, 11) is 0. The van der Waals surface area contributed by atoms with E-state index in [-0.39, 0.29) is 0 Å². The molecule has 1 aromatic heterocycles. The predicted octanol–water partition coefficient (Wildman–Crippen LogP) is 2.07. The smallest absolute Gasteiger partial charge is 0.216 e. The standard InChI is InChI=1S/C14H22N4O/c1-4-15-14(18-12-7-5-6-8-12)16-9-13-17-10(2)11(3)19-13/h5-6,12H,4,7-9H2,1-3H3,(H2,15,16,18). The monoisotopic (exact) mass is 262 g/mol. The molecule has 0 saturated heterocycles. The summed E-state index contributed by atoms with van der Waals surface area (Å²) in [6, 6.07) is 0.450. The predicted molar refractivity (Wildman–Crippen MR) is 76.1 cm³/mol. The van der Waals surface area contributed by atoms with Crippen LogP contribution in [-0.2, 0) is 6.54 Å². The summed E-state index contributed by atoms with van der Waals surface area (Å²) in [5.74, 6) is 2.35. The third-order valence-electron chi connectivity index (χ3n) is 3.14. The molecule has 0 radical (unpaired) electrons. The summed E-state index contributed by atoms with van der Waals surface area (Å²) in [5.41, 5.74) is 0.933. The molecule has 1 aromatic rings. The van der Waals surface area contributed by atoms with Crippen molar-refractivity contribution in [3.05, 3.63) is 29.5 Å². The molecule has 0 atom stereocenters. The Hall–Kier alpha value is -1.78. The van der Waals surface area contributed by atoms with Gasteiger partial charge in [-0.3, -0.25) is 0 Å². The van der Waals surface area contributed by atoms with E-state index in [2.05, 4.69) is 39.7 Å². The van der Waals surface area contributed by atoms with E-state index in [1.807, 2.05) is 13.8 Å². The van der Waals surface area contributed by atoms with Gasteiger partial charge >= 0.3 is 0 Å². The van der Waals surface area contributed by atoms with E-state index in [9.17, 15) is 0 Å². The second kappa shape index (κ2) is 6.41. The topological polar surface area (TPSA) is 62.5 Å². The molecule has 2 rings (SSSR count). The highest BCUT2D eigenvalue weighted by Gasteiger charge is 2.12. The largest absolute Gasteiger partial charge is 0.444 e. The molecule has 0 aromatic carbocycles. The summed E-state index contributed by atoms with van der Waals surface area (Å²) >= 11 is 0. The van der Waals surface area contributed by atoms with Crippen LogP contribution in [0.4, 0.5) is 0 Å². The van der Waals surface area contributed by atoms with Gasteiger partial charge in [-0.05, 0) is 33.6 Å². The van der Waals surface area contributed by atoms with E-state index < -0.39 is 0 Å². The molecular weight excluding hydrogens is 240 g/mol. The van der Waals surface area contributed by atoms with Crippen molar-refractivity contribution in [1.82, 2.24) is 15.6 Å². The van der Waals surface area contributed by atoms with Crippen molar-refractivity contribution in [2.45, 2.75) is 46.2 Å². The van der Waals surface area contributed by atoms with Crippen LogP contribution in [0.3, 0.4) is 0 Å². The Balaban J connectivity index is 1.95. The fourth-order valence-electron chi connectivity index (χ4n) is 2.00. The van der Waals surface area contributed by atoms with E-state index in [0.29, 0.717) is 18.5 Å². The van der Waals surface area contributed by atoms with Gasteiger partial charge in [0.25, 0.3) is 0 Å². The first-order valence-electron chi connectivity index (χ1n) is 6.81. The molecule has 5 heteroatoms. The van der Waals surface area contributed by atoms with Crippen LogP contribution in [0.5, 0.6) is 0 Å². The Bertz CT molecular complexity index is 448. The quantitative estimate of drug-likeness (QED) is 0.495. The molecule has 19 heavy (non-hydrogen) atoms. The van der Waals surface area contributed by atoms with Crippen LogP contribution in [-0.4, -0.2) is 23.5 Å². The molecular formula is C14H22N4O. The molecule has 1 heterocycles. The summed E-state index contributed by atoms with van der Waals surface area (Å²) in [6.07, 6.45) is 6.51. The molecule has 1 aliphatic carbocycles. The zero-order valence-electron chi connectivity index (χ0n) is 11.9. The van der Waals surface area contributed by atoms with Gasteiger partial charge in [0.15, 0.2) is 5.96 Å². The van der Waals surface area contributed by atoms with Crippen molar-refractivity contribution < 1.29 is 4.42 Å². The highest BCUT2D eigenvalue weighted by atomic mass is 16.4. The van der Waals surface area contributed by atoms with Crippen LogP contribution >= 0.6 is 0 Å². The number of guanidine groups is 1. The zero-order chi connectivity index (χ0) is 13.7. The summed E-state index contributed by atoms with van der Waals surface area (Å²) in [6.45, 7) is 7.23. The Kier molecular flexibility index (Phi) is 4.60. The summed E-state index contributed by atoms with van der Waals surface area (Å²) in [4.78, 5) is 8.84. The van der Waals surface area contributed by atoms with Gasteiger partial charge in [0, 0.05) is 12.6 Å². The first-order chi connectivity index (χ1) is 9.19. The Morgan fingerprint density at radius 3 is 2.74 bits per heavy atom. The number of rotatable bonds is 4. The second-order valence-corrected chi connectivity index (χ2v) is 4.73. The van der Waals surface area contributed by atoms with Gasteiger partial charge in [-0.2, -0.15) is 0 Å². The van der Waals surface area contributed by atoms with Gasteiger partial charge in [-0.15, -0.1) is 0 Å². The zero-order valence-corrected chi connectivity index (χ0v) is 11.9. The minimum Gasteiger partial charge on any atom is -0.444 e. The average molecular weight is 262 g/mol. The van der Waals surface area contributed by atoms with Crippen LogP contribution in [0.1, 0.15) is 37.1 Å². The van der Waals surface area contributed by atoms with Crippen LogP contribution in [0, 0.1) is 13.8 Å². The number of hydrogen-bond acceptors (Lipinski definition) is 3. The minimum atomic E-state index is 0.450. The van der Waals surface area contributed by atoms with Gasteiger partial charge in [0.1, 0.15) is 12.3 Å². The lowest BCUT2D eigenvalue weighted by atomic mass is 10.2. The Morgan fingerprint density at radius 2 is 2.16 bits per heavy atom. The second-order valence-electron chi connectivity index (χ2n) is 4.73. The van der Waals surface area contributed by atoms with Crippen molar-refractivity contribution >= 4 is 5.96 Å². The average Bonchev–Trinajstić information content (AvgIpc) is 2.98. The molecule has 0 unspecified atom stereocenters. The lowest BCUT2D eigenvalue weighted by Gasteiger charge is -2.16. The van der Waals surface area contributed by atoms with Gasteiger partial charge in [0.2, 0.25) is 5.89 Å². The van der Waals surface area contributed by atoms with E-state index in [1.165, 1.54) is 0 Å². The normalized spacial score (nSPS) is 16.1. The fourth-order valence-corrected chi connectivity index (χ4v) is 2.00. The SMILES string of the molecule is CCNC(=NCc1nc(C)c(C)o1)NC1CC=CC1. The first kappa shape index (κ1) is 13.6. The Labute approximate surface area is 114 Å². The maximum atomic E-state index is 5.53. The fraction of sp³-hybridized carbons (Fsp3) is 0.571. The van der Waals surface area contributed by atoms with Crippen molar-refractivity contribution in [2.24, 2.45) is 4.99 Å². The first-order valence-corrected chi connectivity index (χ1v) is 6.81. The van der Waals surface area contributed by atoms with Crippen molar-refractivity contribution in [2.75, 3.05) is 6.54 Å². The molecule has 0 spiro atoms. The number of aryl methyl sites for hydroxylation is 2. The third kappa shape index (κ3) is 3.84. The van der Waals surface area contributed by atoms with Gasteiger partial charge in [-0.25, -0.2) is 9.98 Å². The van der Waals surface area contributed by atoms with E-state index in [1.54, 1.807) is 0 Å². The van der Waals surface area contributed by atoms with Gasteiger partial charge in [-0.1, -0.05) is 12.2 Å². The van der Waals surface area contributed by atoms with Crippen LogP contribution < -0.4 is 10.6 Å². The molecule has 1 aliphatic rings. The third-order valence-corrected chi connectivity index (χ3v) is 3.14. The van der Waals surface area contributed by atoms with Gasteiger partial charge in [0.05, 0.1) is 5.69 Å². The number of aromatic nitrogens is 1. The van der Waals surface area contributed by atoms with Crippen LogP contribution in [0.15, 0.2) is 21.6 Å². The summed E-state index contributed by atoms with van der Waals surface area (Å²) in [5, 5.41) is 6.66. The number of nitrogens with zero attached hydrogens (tertiary/aromatic N) is 2. The molecule has 2 N–H and O–H groups in total. The minimum absolute atomic E-state index is 0.450. The van der Waals surface area contributed by atoms with Crippen molar-refractivity contribution in [3.63, 3.8) is 0 Å². The molecule has 104 valence electrons. The molecule has 5 nitrogen and oxygen atoms in total. The van der Waals surface area contributed by atoms with E-state index in [4.69, 9.17) is 4.42 Å². The highest BCUT2D eigenvalue weighted by Crippen LogP contribution is 2.10. The maximum absolute atomic E-state index is 5.53. The maximum Gasteiger partial charge on any atom is 0.216 e. The molecule has 0 amide bonds. The van der Waals surface area contributed by atoms with E-state index >= 15 is 0 Å². The lowest BCUT2D eigenvalue weighted by Crippen LogP contribution is -2.42. The van der Waals surface area contributed by atoms with Crippen molar-refractivity contribution in [1.29, 1.82) is 0 Å². The van der Waals surface area contributed by atoms with E-state index in [0.717, 1.165) is 36.8 Å². The molecule has 0 aliphatic heterocycles. The van der Waals surface area contributed by atoms with Gasteiger partial charge < -0.3 is 15.1 Å². The Morgan fingerprint density at radius 1 is 1.42 bits per heavy atom. The van der Waals surface area contributed by atoms with Crippen LogP contribution in [0.25, 0.3) is 0 Å². The molecule has 0 saturated carbocycles. The summed E-state index contributed by atoms with van der Waals surface area (Å²) < 4.78 is 5.53. The number of nitrogens with one attached hydrogen (secondary N) is 2. The number of oxazole rings is 1. The molecule has 0 bridgehead atoms. The molecule has 0 fully saturated rings. The van der Waals surface area contributed by atoms with Crippen molar-refractivity contribution in [3.8, 4) is 0 Å². The van der Waals surface area contributed by atoms with Crippen LogP contribution in [0.2, 0.25) is 0 Å². The number of aliphatic imine (C=N–C) groups is 1.